The lowest BCUT2D eigenvalue weighted by Gasteiger charge is -2.20. The summed E-state index contributed by atoms with van der Waals surface area (Å²) >= 11 is 0. The predicted molar refractivity (Wildman–Crippen MR) is 76.5 cm³/mol. The number of hydrogen-bond donors (Lipinski definition) is 1. The molecular weight excluding hydrogens is 256 g/mol. The van der Waals surface area contributed by atoms with Crippen LogP contribution in [0.1, 0.15) is 23.7 Å². The number of carbonyl (C=O) groups is 2. The van der Waals surface area contributed by atoms with Gasteiger partial charge in [-0.25, -0.2) is 0 Å². The molecule has 0 saturated heterocycles. The first kappa shape index (κ1) is 14.1. The van der Waals surface area contributed by atoms with Crippen LogP contribution in [0, 0.1) is 0 Å². The minimum Gasteiger partial charge on any atom is -0.468 e. The quantitative estimate of drug-likeness (QED) is 0.850. The van der Waals surface area contributed by atoms with E-state index in [0.29, 0.717) is 12.1 Å². The second kappa shape index (κ2) is 6.23. The zero-order valence-electron chi connectivity index (χ0n) is 11.7. The minimum atomic E-state index is -0.411. The summed E-state index contributed by atoms with van der Waals surface area (Å²) in [5.74, 6) is -0.568. The highest BCUT2D eigenvalue weighted by Crippen LogP contribution is 2.19. The van der Waals surface area contributed by atoms with E-state index in [1.807, 2.05) is 31.2 Å². The van der Waals surface area contributed by atoms with Crippen molar-refractivity contribution in [2.45, 2.75) is 13.3 Å². The molecule has 2 aromatic rings. The molecule has 0 aliphatic carbocycles. The van der Waals surface area contributed by atoms with E-state index < -0.39 is 5.97 Å². The minimum absolute atomic E-state index is 0.0251. The SMILES string of the molecule is CCCN(CC(=O)OC)C(=O)c1c[nH]c2ccccc12. The summed E-state index contributed by atoms with van der Waals surface area (Å²) in [6, 6.07) is 7.60. The number of H-pyrrole nitrogens is 1. The van der Waals surface area contributed by atoms with Crippen LogP contribution in [0.4, 0.5) is 0 Å². The Morgan fingerprint density at radius 1 is 1.30 bits per heavy atom. The molecule has 0 spiro atoms. The molecule has 0 unspecified atom stereocenters. The Bertz CT molecular complexity index is 618. The van der Waals surface area contributed by atoms with Crippen LogP contribution in [0.3, 0.4) is 0 Å². The topological polar surface area (TPSA) is 62.4 Å². The van der Waals surface area contributed by atoms with Gasteiger partial charge in [-0.05, 0) is 12.5 Å². The lowest BCUT2D eigenvalue weighted by molar-refractivity contribution is -0.141. The third-order valence-electron chi connectivity index (χ3n) is 3.15. The molecule has 1 amide bonds. The van der Waals surface area contributed by atoms with Crippen molar-refractivity contribution in [3.8, 4) is 0 Å². The van der Waals surface area contributed by atoms with E-state index in [1.54, 1.807) is 6.20 Å². The number of nitrogens with one attached hydrogen (secondary N) is 1. The summed E-state index contributed by atoms with van der Waals surface area (Å²) < 4.78 is 4.64. The number of aromatic nitrogens is 1. The van der Waals surface area contributed by atoms with Gasteiger partial charge in [-0.1, -0.05) is 25.1 Å². The number of ether oxygens (including phenoxy) is 1. The van der Waals surface area contributed by atoms with Crippen LogP contribution < -0.4 is 0 Å². The van der Waals surface area contributed by atoms with Crippen molar-refractivity contribution in [3.63, 3.8) is 0 Å². The molecule has 0 aliphatic rings. The highest BCUT2D eigenvalue weighted by Gasteiger charge is 2.21. The maximum absolute atomic E-state index is 12.6. The largest absolute Gasteiger partial charge is 0.468 e. The molecule has 20 heavy (non-hydrogen) atoms. The summed E-state index contributed by atoms with van der Waals surface area (Å²) in [5.41, 5.74) is 1.49. The van der Waals surface area contributed by atoms with Crippen LogP contribution in [-0.2, 0) is 9.53 Å². The molecule has 0 fully saturated rings. The number of fused-ring (bicyclic) bond motifs is 1. The maximum Gasteiger partial charge on any atom is 0.325 e. The molecule has 0 radical (unpaired) electrons. The van der Waals surface area contributed by atoms with Crippen LogP contribution in [0.25, 0.3) is 10.9 Å². The summed E-state index contributed by atoms with van der Waals surface area (Å²) in [6.45, 7) is 2.46. The summed E-state index contributed by atoms with van der Waals surface area (Å²) in [4.78, 5) is 28.6. The lowest BCUT2D eigenvalue weighted by Crippen LogP contribution is -2.36. The van der Waals surface area contributed by atoms with Gasteiger partial charge in [0.25, 0.3) is 5.91 Å². The average molecular weight is 274 g/mol. The molecule has 1 N–H and O–H groups in total. The number of carbonyl (C=O) groups excluding carboxylic acids is 2. The van der Waals surface area contributed by atoms with Gasteiger partial charge in [-0.3, -0.25) is 9.59 Å². The second-order valence-corrected chi connectivity index (χ2v) is 4.55. The van der Waals surface area contributed by atoms with Gasteiger partial charge in [0, 0.05) is 23.6 Å². The normalized spacial score (nSPS) is 10.5. The molecular formula is C15H18N2O3. The first-order valence-corrected chi connectivity index (χ1v) is 6.59. The number of aromatic amines is 1. The van der Waals surface area contributed by atoms with Crippen molar-refractivity contribution in [2.75, 3.05) is 20.2 Å². The van der Waals surface area contributed by atoms with Gasteiger partial charge in [-0.2, -0.15) is 0 Å². The Kier molecular flexibility index (Phi) is 4.40. The Hall–Kier alpha value is -2.30. The van der Waals surface area contributed by atoms with Crippen molar-refractivity contribution < 1.29 is 14.3 Å². The molecule has 0 saturated carbocycles. The Labute approximate surface area is 117 Å². The number of amides is 1. The van der Waals surface area contributed by atoms with E-state index in [4.69, 9.17) is 0 Å². The number of benzene rings is 1. The van der Waals surface area contributed by atoms with Gasteiger partial charge in [0.15, 0.2) is 0 Å². The molecule has 2 rings (SSSR count). The van der Waals surface area contributed by atoms with Gasteiger partial charge in [0.1, 0.15) is 6.54 Å². The lowest BCUT2D eigenvalue weighted by atomic mass is 10.1. The van der Waals surface area contributed by atoms with Gasteiger partial charge < -0.3 is 14.6 Å². The molecule has 5 heteroatoms. The van der Waals surface area contributed by atoms with Crippen LogP contribution >= 0.6 is 0 Å². The predicted octanol–water partition coefficient (Wildman–Crippen LogP) is 2.19. The monoisotopic (exact) mass is 274 g/mol. The summed E-state index contributed by atoms with van der Waals surface area (Å²) in [5, 5.41) is 0.864. The van der Waals surface area contributed by atoms with Gasteiger partial charge in [0.05, 0.1) is 12.7 Å². The molecule has 0 atom stereocenters. The molecule has 5 nitrogen and oxygen atoms in total. The summed E-state index contributed by atoms with van der Waals surface area (Å²) in [7, 11) is 1.32. The summed E-state index contributed by atoms with van der Waals surface area (Å²) in [6.07, 6.45) is 2.47. The highest BCUT2D eigenvalue weighted by atomic mass is 16.5. The first-order chi connectivity index (χ1) is 9.67. The standard InChI is InChI=1S/C15H18N2O3/c1-3-8-17(10-14(18)20-2)15(19)12-9-16-13-7-5-4-6-11(12)13/h4-7,9,16H,3,8,10H2,1-2H3. The smallest absolute Gasteiger partial charge is 0.325 e. The Balaban J connectivity index is 2.29. The number of esters is 1. The van der Waals surface area contributed by atoms with Crippen molar-refractivity contribution in [3.05, 3.63) is 36.0 Å². The third kappa shape index (κ3) is 2.82. The molecule has 106 valence electrons. The zero-order chi connectivity index (χ0) is 14.5. The fourth-order valence-electron chi connectivity index (χ4n) is 2.16. The number of hydrogen-bond acceptors (Lipinski definition) is 3. The van der Waals surface area contributed by atoms with Crippen molar-refractivity contribution in [2.24, 2.45) is 0 Å². The van der Waals surface area contributed by atoms with E-state index >= 15 is 0 Å². The first-order valence-electron chi connectivity index (χ1n) is 6.59. The van der Waals surface area contributed by atoms with Crippen molar-refractivity contribution in [1.82, 2.24) is 9.88 Å². The van der Waals surface area contributed by atoms with E-state index in [2.05, 4.69) is 9.72 Å². The fourth-order valence-corrected chi connectivity index (χ4v) is 2.16. The van der Waals surface area contributed by atoms with E-state index in [-0.39, 0.29) is 12.5 Å². The van der Waals surface area contributed by atoms with E-state index in [9.17, 15) is 9.59 Å². The molecule has 0 aliphatic heterocycles. The van der Waals surface area contributed by atoms with E-state index in [0.717, 1.165) is 17.3 Å². The highest BCUT2D eigenvalue weighted by molar-refractivity contribution is 6.07. The molecule has 1 aromatic heterocycles. The maximum atomic E-state index is 12.6. The van der Waals surface area contributed by atoms with Crippen molar-refractivity contribution >= 4 is 22.8 Å². The van der Waals surface area contributed by atoms with Crippen LogP contribution in [0.5, 0.6) is 0 Å². The number of nitrogens with zero attached hydrogens (tertiary/aromatic N) is 1. The van der Waals surface area contributed by atoms with Gasteiger partial charge in [-0.15, -0.1) is 0 Å². The zero-order valence-corrected chi connectivity index (χ0v) is 11.7. The van der Waals surface area contributed by atoms with Crippen LogP contribution in [-0.4, -0.2) is 42.0 Å². The van der Waals surface area contributed by atoms with Crippen molar-refractivity contribution in [1.29, 1.82) is 0 Å². The average Bonchev–Trinajstić information content (AvgIpc) is 2.89. The number of methoxy groups -OCH3 is 1. The Morgan fingerprint density at radius 3 is 2.75 bits per heavy atom. The van der Waals surface area contributed by atoms with E-state index in [1.165, 1.54) is 12.0 Å². The molecule has 1 heterocycles. The van der Waals surface area contributed by atoms with Gasteiger partial charge in [0.2, 0.25) is 0 Å². The Morgan fingerprint density at radius 2 is 2.05 bits per heavy atom. The number of rotatable bonds is 5. The number of para-hydroxylation sites is 1. The second-order valence-electron chi connectivity index (χ2n) is 4.55. The fraction of sp³-hybridized carbons (Fsp3) is 0.333. The van der Waals surface area contributed by atoms with Gasteiger partial charge >= 0.3 is 5.97 Å². The molecule has 1 aromatic carbocycles. The van der Waals surface area contributed by atoms with Crippen LogP contribution in [0.2, 0.25) is 0 Å². The third-order valence-corrected chi connectivity index (χ3v) is 3.15. The molecule has 0 bridgehead atoms. The van der Waals surface area contributed by atoms with Crippen LogP contribution in [0.15, 0.2) is 30.5 Å².